The van der Waals surface area contributed by atoms with Crippen LogP contribution >= 0.6 is 0 Å². The van der Waals surface area contributed by atoms with Gasteiger partial charge in [0.05, 0.1) is 12.2 Å². The predicted octanol–water partition coefficient (Wildman–Crippen LogP) is 6.64. The molecule has 0 aromatic heterocycles. The molecule has 162 valence electrons. The van der Waals surface area contributed by atoms with Crippen LogP contribution in [0.15, 0.2) is 17.3 Å². The van der Waals surface area contributed by atoms with E-state index in [0.29, 0.717) is 29.6 Å². The molecule has 5 nitrogen and oxygen atoms in total. The number of nitrogens with zero attached hydrogens (tertiary/aromatic N) is 3. The smallest absolute Gasteiger partial charge is 0.163 e. The summed E-state index contributed by atoms with van der Waals surface area (Å²) in [5, 5.41) is 4.08. The van der Waals surface area contributed by atoms with Crippen molar-refractivity contribution in [3.05, 3.63) is 22.6 Å². The summed E-state index contributed by atoms with van der Waals surface area (Å²) in [6.07, 6.45) is 8.10. The van der Waals surface area contributed by atoms with Crippen molar-refractivity contribution in [2.24, 2.45) is 40.1 Å². The van der Waals surface area contributed by atoms with E-state index < -0.39 is 5.79 Å². The maximum Gasteiger partial charge on any atom is 0.163 e. The first-order valence-electron chi connectivity index (χ1n) is 11.7. The minimum absolute atomic E-state index is 0.0837. The number of hydrogen-bond acceptors (Lipinski definition) is 3. The summed E-state index contributed by atoms with van der Waals surface area (Å²) in [6, 6.07) is 0.0921. The molecular formula is C24H39N3O2. The van der Waals surface area contributed by atoms with Crippen molar-refractivity contribution in [1.82, 2.24) is 0 Å². The maximum atomic E-state index is 8.96. The third-order valence-corrected chi connectivity index (χ3v) is 9.03. The van der Waals surface area contributed by atoms with E-state index in [0.717, 1.165) is 25.7 Å². The Kier molecular flexibility index (Phi) is 5.55. The Labute approximate surface area is 176 Å². The predicted molar refractivity (Wildman–Crippen MR) is 115 cm³/mol. The van der Waals surface area contributed by atoms with Gasteiger partial charge in [0, 0.05) is 11.0 Å². The normalized spacial score (nSPS) is 49.5. The second-order valence-electron chi connectivity index (χ2n) is 11.1. The third-order valence-electron chi connectivity index (χ3n) is 9.03. The molecule has 1 heterocycles. The highest BCUT2D eigenvalue weighted by atomic mass is 16.8. The summed E-state index contributed by atoms with van der Waals surface area (Å²) in [5.41, 5.74) is 10.7. The summed E-state index contributed by atoms with van der Waals surface area (Å²) in [5.74, 6) is 2.17. The van der Waals surface area contributed by atoms with Crippen LogP contribution in [0.4, 0.5) is 0 Å². The van der Waals surface area contributed by atoms with Crippen LogP contribution < -0.4 is 0 Å². The number of rotatable bonds is 3. The fraction of sp³-hybridized carbons (Fsp3) is 0.917. The van der Waals surface area contributed by atoms with Gasteiger partial charge in [-0.25, -0.2) is 0 Å². The summed E-state index contributed by atoms with van der Waals surface area (Å²) in [7, 11) is 0. The highest BCUT2D eigenvalue weighted by molar-refractivity contribution is 5.20. The van der Waals surface area contributed by atoms with Crippen LogP contribution in [0.1, 0.15) is 79.6 Å². The second kappa shape index (κ2) is 7.59. The molecule has 4 rings (SSSR count). The Bertz CT molecular complexity index is 700. The highest BCUT2D eigenvalue weighted by Crippen LogP contribution is 2.61. The van der Waals surface area contributed by atoms with Crippen molar-refractivity contribution in [3.63, 3.8) is 0 Å². The van der Waals surface area contributed by atoms with E-state index in [1.165, 1.54) is 24.8 Å². The summed E-state index contributed by atoms with van der Waals surface area (Å²) < 4.78 is 13.3. The van der Waals surface area contributed by atoms with Crippen molar-refractivity contribution < 1.29 is 9.47 Å². The van der Waals surface area contributed by atoms with E-state index in [1.807, 2.05) is 0 Å². The van der Waals surface area contributed by atoms with E-state index in [9.17, 15) is 0 Å². The molecule has 4 unspecified atom stereocenters. The lowest BCUT2D eigenvalue weighted by Crippen LogP contribution is -2.50. The Hall–Kier alpha value is -1.03. The zero-order valence-corrected chi connectivity index (χ0v) is 18.9. The SMILES string of the molecule is C=C1CCC2C([C@H]3OC(C)(C)O[C@@H]3C3C[C@H](N=[N+]=[N-])CC[C@H]3C)C(C)CC[C@]12C. The van der Waals surface area contributed by atoms with Crippen molar-refractivity contribution in [1.29, 1.82) is 0 Å². The summed E-state index contributed by atoms with van der Waals surface area (Å²) in [6.45, 7) is 15.8. The van der Waals surface area contributed by atoms with Crippen LogP contribution in [0.2, 0.25) is 0 Å². The van der Waals surface area contributed by atoms with Crippen LogP contribution in [0, 0.1) is 35.0 Å². The van der Waals surface area contributed by atoms with Crippen molar-refractivity contribution in [3.8, 4) is 0 Å². The van der Waals surface area contributed by atoms with Crippen LogP contribution in [0.25, 0.3) is 10.4 Å². The molecule has 0 aromatic rings. The van der Waals surface area contributed by atoms with Crippen LogP contribution in [0.3, 0.4) is 0 Å². The van der Waals surface area contributed by atoms with E-state index in [-0.39, 0.29) is 23.7 Å². The molecule has 4 fully saturated rings. The quantitative estimate of drug-likeness (QED) is 0.230. The monoisotopic (exact) mass is 401 g/mol. The van der Waals surface area contributed by atoms with Gasteiger partial charge in [-0.15, -0.1) is 0 Å². The topological polar surface area (TPSA) is 67.2 Å². The first kappa shape index (κ1) is 21.2. The van der Waals surface area contributed by atoms with Crippen LogP contribution in [-0.4, -0.2) is 24.0 Å². The second-order valence-corrected chi connectivity index (χ2v) is 11.1. The zero-order valence-electron chi connectivity index (χ0n) is 18.9. The molecule has 0 radical (unpaired) electrons. The van der Waals surface area contributed by atoms with Gasteiger partial charge in [-0.3, -0.25) is 0 Å². The lowest BCUT2D eigenvalue weighted by atomic mass is 9.57. The molecule has 0 amide bonds. The van der Waals surface area contributed by atoms with Gasteiger partial charge >= 0.3 is 0 Å². The molecular weight excluding hydrogens is 362 g/mol. The fourth-order valence-electron chi connectivity index (χ4n) is 7.26. The zero-order chi connectivity index (χ0) is 21.0. The van der Waals surface area contributed by atoms with Gasteiger partial charge in [-0.05, 0) is 99.3 Å². The third kappa shape index (κ3) is 3.64. The minimum atomic E-state index is -0.552. The van der Waals surface area contributed by atoms with E-state index in [4.69, 9.17) is 15.0 Å². The van der Waals surface area contributed by atoms with Gasteiger partial charge in [0.2, 0.25) is 0 Å². The molecule has 3 aliphatic carbocycles. The molecule has 9 atom stereocenters. The van der Waals surface area contributed by atoms with Gasteiger partial charge in [0.25, 0.3) is 0 Å². The molecule has 4 aliphatic rings. The number of hydrogen-bond donors (Lipinski definition) is 0. The number of azide groups is 1. The Balaban J connectivity index is 1.65. The van der Waals surface area contributed by atoms with Gasteiger partial charge < -0.3 is 9.47 Å². The van der Waals surface area contributed by atoms with Gasteiger partial charge in [-0.1, -0.05) is 38.0 Å². The Morgan fingerprint density at radius 1 is 1.03 bits per heavy atom. The van der Waals surface area contributed by atoms with E-state index in [1.54, 1.807) is 0 Å². The minimum Gasteiger partial charge on any atom is -0.344 e. The number of fused-ring (bicyclic) bond motifs is 1. The average Bonchev–Trinajstić information content (AvgIpc) is 3.14. The number of ether oxygens (including phenoxy) is 2. The van der Waals surface area contributed by atoms with E-state index >= 15 is 0 Å². The van der Waals surface area contributed by atoms with Crippen LogP contribution in [0.5, 0.6) is 0 Å². The maximum absolute atomic E-state index is 8.96. The largest absolute Gasteiger partial charge is 0.344 e. The summed E-state index contributed by atoms with van der Waals surface area (Å²) in [4.78, 5) is 3.10. The van der Waals surface area contributed by atoms with Gasteiger partial charge in [0.1, 0.15) is 0 Å². The molecule has 0 spiro atoms. The lowest BCUT2D eigenvalue weighted by molar-refractivity contribution is -0.162. The first-order chi connectivity index (χ1) is 13.7. The molecule has 1 saturated heterocycles. The Morgan fingerprint density at radius 2 is 1.76 bits per heavy atom. The molecule has 29 heavy (non-hydrogen) atoms. The van der Waals surface area contributed by atoms with E-state index in [2.05, 4.69) is 51.2 Å². The standard InChI is InChI=1S/C24H39N3O2/c1-14-7-9-17(26-27-25)13-18(14)21-22(29-23(4,5)28-21)20-15(2)11-12-24(6)16(3)8-10-19(20)24/h14-15,17-22H,3,7-13H2,1-2,4-6H3/t14-,15?,17-,18?,19?,20?,21-,22-,24-/m1/s1. The molecule has 3 saturated carbocycles. The van der Waals surface area contributed by atoms with Crippen molar-refractivity contribution in [2.45, 2.75) is 104 Å². The van der Waals surface area contributed by atoms with Crippen LogP contribution in [-0.2, 0) is 9.47 Å². The number of allylic oxidation sites excluding steroid dienone is 1. The van der Waals surface area contributed by atoms with Crippen molar-refractivity contribution >= 4 is 0 Å². The fourth-order valence-corrected chi connectivity index (χ4v) is 7.26. The summed E-state index contributed by atoms with van der Waals surface area (Å²) >= 11 is 0. The molecule has 0 aromatic carbocycles. The molecule has 1 aliphatic heterocycles. The van der Waals surface area contributed by atoms with Crippen molar-refractivity contribution in [2.75, 3.05) is 0 Å². The average molecular weight is 402 g/mol. The highest BCUT2D eigenvalue weighted by Gasteiger charge is 2.58. The molecule has 5 heteroatoms. The first-order valence-corrected chi connectivity index (χ1v) is 11.7. The Morgan fingerprint density at radius 3 is 2.48 bits per heavy atom. The molecule has 0 bridgehead atoms. The lowest BCUT2D eigenvalue weighted by Gasteiger charge is -2.49. The molecule has 0 N–H and O–H groups in total. The van der Waals surface area contributed by atoms with Gasteiger partial charge in [0.15, 0.2) is 5.79 Å². The van der Waals surface area contributed by atoms with Gasteiger partial charge in [-0.2, -0.15) is 0 Å².